The summed E-state index contributed by atoms with van der Waals surface area (Å²) in [4.78, 5) is 3.24. The molecule has 0 spiro atoms. The summed E-state index contributed by atoms with van der Waals surface area (Å²) >= 11 is 0. The fourth-order valence-electron chi connectivity index (χ4n) is 1.78. The Morgan fingerprint density at radius 3 is 2.23 bits per heavy atom. The third-order valence-corrected chi connectivity index (χ3v) is 2.30. The Balaban J connectivity index is 3.03. The van der Waals surface area contributed by atoms with Crippen LogP contribution in [0.1, 0.15) is 17.1 Å². The molecule has 0 amide bonds. The molecule has 0 aliphatic carbocycles. The molecule has 3 N–H and O–H groups in total. The van der Waals surface area contributed by atoms with Gasteiger partial charge >= 0.3 is 0 Å². The number of hydrogen-bond donors (Lipinski definition) is 2. The van der Waals surface area contributed by atoms with Crippen molar-refractivity contribution in [1.29, 1.82) is 0 Å². The molecule has 0 saturated heterocycles. The molecule has 0 radical (unpaired) electrons. The summed E-state index contributed by atoms with van der Waals surface area (Å²) < 4.78 is 0. The minimum atomic E-state index is 0.502. The molecule has 0 aliphatic heterocycles. The summed E-state index contributed by atoms with van der Waals surface area (Å²) in [5, 5.41) is 9.98. The van der Waals surface area contributed by atoms with Gasteiger partial charge in [0, 0.05) is 22.2 Å². The van der Waals surface area contributed by atoms with Gasteiger partial charge in [-0.25, -0.2) is 0 Å². The Labute approximate surface area is 76.2 Å². The Kier molecular flexibility index (Phi) is 1.52. The maximum Gasteiger partial charge on any atom is 0.155 e. The smallest absolute Gasteiger partial charge is 0.155 e. The summed E-state index contributed by atoms with van der Waals surface area (Å²) in [6.45, 7) is 5.95. The van der Waals surface area contributed by atoms with Crippen LogP contribution in [0.4, 0.5) is 5.82 Å². The number of hydrogen-bond acceptors (Lipinski definition) is 3. The first-order valence-corrected chi connectivity index (χ1v) is 4.19. The zero-order chi connectivity index (χ0) is 9.59. The lowest BCUT2D eigenvalue weighted by Gasteiger charge is -1.98. The van der Waals surface area contributed by atoms with Crippen LogP contribution in [-0.2, 0) is 0 Å². The first-order chi connectivity index (χ1) is 6.11. The van der Waals surface area contributed by atoms with Crippen LogP contribution < -0.4 is 5.73 Å². The van der Waals surface area contributed by atoms with Gasteiger partial charge in [0.2, 0.25) is 0 Å². The van der Waals surface area contributed by atoms with Gasteiger partial charge in [0.05, 0.1) is 5.69 Å². The van der Waals surface area contributed by atoms with Crippen LogP contribution in [0.25, 0.3) is 10.8 Å². The van der Waals surface area contributed by atoms with Gasteiger partial charge in [-0.05, 0) is 20.8 Å². The van der Waals surface area contributed by atoms with Gasteiger partial charge in [0.1, 0.15) is 0 Å². The Morgan fingerprint density at radius 2 is 1.62 bits per heavy atom. The molecule has 2 heterocycles. The molecule has 0 bridgehead atoms. The number of anilines is 1. The lowest BCUT2D eigenvalue weighted by Crippen LogP contribution is -1.96. The summed E-state index contributed by atoms with van der Waals surface area (Å²) in [6.07, 6.45) is 0. The van der Waals surface area contributed by atoms with Crippen molar-refractivity contribution in [3.05, 3.63) is 17.1 Å². The number of aromatic nitrogens is 3. The average Bonchev–Trinajstić information content (AvgIpc) is 2.36. The van der Waals surface area contributed by atoms with Crippen LogP contribution in [0.2, 0.25) is 0 Å². The third kappa shape index (κ3) is 0.983. The highest BCUT2D eigenvalue weighted by Gasteiger charge is 2.11. The van der Waals surface area contributed by atoms with Crippen molar-refractivity contribution < 1.29 is 0 Å². The largest absolute Gasteiger partial charge is 0.382 e. The second-order valence-corrected chi connectivity index (χ2v) is 3.30. The number of nitrogens with one attached hydrogen (secondary N) is 1. The monoisotopic (exact) mass is 176 g/mol. The molecule has 0 saturated carbocycles. The number of aromatic amines is 1. The lowest BCUT2D eigenvalue weighted by molar-refractivity contribution is 1.01. The van der Waals surface area contributed by atoms with E-state index in [-0.39, 0.29) is 0 Å². The van der Waals surface area contributed by atoms with E-state index in [9.17, 15) is 0 Å². The van der Waals surface area contributed by atoms with Gasteiger partial charge < -0.3 is 10.7 Å². The second kappa shape index (κ2) is 2.45. The minimum Gasteiger partial charge on any atom is -0.382 e. The number of nitrogen functional groups attached to an aromatic ring is 1. The van der Waals surface area contributed by atoms with Crippen molar-refractivity contribution >= 4 is 16.6 Å². The van der Waals surface area contributed by atoms with Crippen LogP contribution in [0.3, 0.4) is 0 Å². The highest BCUT2D eigenvalue weighted by atomic mass is 15.1. The fraction of sp³-hybridized carbons (Fsp3) is 0.333. The van der Waals surface area contributed by atoms with E-state index in [2.05, 4.69) is 15.2 Å². The first kappa shape index (κ1) is 8.04. The zero-order valence-electron chi connectivity index (χ0n) is 7.97. The SMILES string of the molecule is Cc1nnc(N)c2c(C)[nH]c(C)c12. The van der Waals surface area contributed by atoms with E-state index < -0.39 is 0 Å². The summed E-state index contributed by atoms with van der Waals surface area (Å²) in [5.74, 6) is 0.502. The molecule has 68 valence electrons. The number of rotatable bonds is 0. The van der Waals surface area contributed by atoms with Crippen LogP contribution in [0.5, 0.6) is 0 Å². The van der Waals surface area contributed by atoms with Crippen molar-refractivity contribution in [3.8, 4) is 0 Å². The highest BCUT2D eigenvalue weighted by Crippen LogP contribution is 2.26. The summed E-state index contributed by atoms with van der Waals surface area (Å²) in [7, 11) is 0. The number of fused-ring (bicyclic) bond motifs is 1. The van der Waals surface area contributed by atoms with E-state index in [1.807, 2.05) is 20.8 Å². The van der Waals surface area contributed by atoms with Crippen molar-refractivity contribution in [2.45, 2.75) is 20.8 Å². The minimum absolute atomic E-state index is 0.502. The van der Waals surface area contributed by atoms with Gasteiger partial charge in [0.15, 0.2) is 5.82 Å². The maximum atomic E-state index is 5.75. The predicted molar refractivity (Wildman–Crippen MR) is 52.5 cm³/mol. The van der Waals surface area contributed by atoms with Crippen LogP contribution in [-0.4, -0.2) is 15.2 Å². The Hall–Kier alpha value is -1.58. The van der Waals surface area contributed by atoms with E-state index >= 15 is 0 Å². The molecule has 0 atom stereocenters. The van der Waals surface area contributed by atoms with Gasteiger partial charge in [-0.1, -0.05) is 0 Å². The number of nitrogens with two attached hydrogens (primary N) is 1. The van der Waals surface area contributed by atoms with E-state index in [1.165, 1.54) is 0 Å². The van der Waals surface area contributed by atoms with Crippen molar-refractivity contribution in [1.82, 2.24) is 15.2 Å². The average molecular weight is 176 g/mol. The van der Waals surface area contributed by atoms with Crippen molar-refractivity contribution in [2.24, 2.45) is 0 Å². The first-order valence-electron chi connectivity index (χ1n) is 4.19. The second-order valence-electron chi connectivity index (χ2n) is 3.30. The van der Waals surface area contributed by atoms with E-state index in [0.717, 1.165) is 27.9 Å². The predicted octanol–water partition coefficient (Wildman–Crippen LogP) is 1.47. The molecule has 13 heavy (non-hydrogen) atoms. The summed E-state index contributed by atoms with van der Waals surface area (Å²) in [6, 6.07) is 0. The van der Waals surface area contributed by atoms with Gasteiger partial charge in [-0.3, -0.25) is 0 Å². The van der Waals surface area contributed by atoms with Gasteiger partial charge in [0.25, 0.3) is 0 Å². The van der Waals surface area contributed by atoms with E-state index in [1.54, 1.807) is 0 Å². The lowest BCUT2D eigenvalue weighted by atomic mass is 10.1. The van der Waals surface area contributed by atoms with E-state index in [4.69, 9.17) is 5.73 Å². The number of nitrogens with zero attached hydrogens (tertiary/aromatic N) is 2. The highest BCUT2D eigenvalue weighted by molar-refractivity contribution is 5.96. The van der Waals surface area contributed by atoms with E-state index in [0.29, 0.717) is 5.82 Å². The Bertz CT molecular complexity index is 428. The van der Waals surface area contributed by atoms with Crippen LogP contribution >= 0.6 is 0 Å². The normalized spacial score (nSPS) is 11.0. The van der Waals surface area contributed by atoms with Gasteiger partial charge in [-0.2, -0.15) is 5.10 Å². The fourth-order valence-corrected chi connectivity index (χ4v) is 1.78. The summed E-state index contributed by atoms with van der Waals surface area (Å²) in [5.41, 5.74) is 8.83. The van der Waals surface area contributed by atoms with Crippen molar-refractivity contribution in [3.63, 3.8) is 0 Å². The molecule has 0 aromatic carbocycles. The third-order valence-electron chi connectivity index (χ3n) is 2.30. The van der Waals surface area contributed by atoms with Crippen molar-refractivity contribution in [2.75, 3.05) is 5.73 Å². The molecule has 4 nitrogen and oxygen atoms in total. The molecular weight excluding hydrogens is 164 g/mol. The van der Waals surface area contributed by atoms with Gasteiger partial charge in [-0.15, -0.1) is 5.10 Å². The molecule has 0 aliphatic rings. The quantitative estimate of drug-likeness (QED) is 0.638. The molecule has 4 heteroatoms. The molecular formula is C9H12N4. The maximum absolute atomic E-state index is 5.75. The molecule has 2 aromatic heterocycles. The molecule has 0 fully saturated rings. The number of H-pyrrole nitrogens is 1. The van der Waals surface area contributed by atoms with Crippen LogP contribution in [0, 0.1) is 20.8 Å². The zero-order valence-corrected chi connectivity index (χ0v) is 7.97. The van der Waals surface area contributed by atoms with Crippen LogP contribution in [0.15, 0.2) is 0 Å². The Morgan fingerprint density at radius 1 is 1.00 bits per heavy atom. The standard InChI is InChI=1S/C9H12N4/c1-4-7-6(3)12-13-9(10)8(7)5(2)11-4/h11H,1-3H3,(H2,10,13). The molecule has 2 rings (SSSR count). The molecule has 0 unspecified atom stereocenters. The topological polar surface area (TPSA) is 67.6 Å². The molecule has 2 aromatic rings. The number of aryl methyl sites for hydroxylation is 3.